The van der Waals surface area contributed by atoms with Crippen LogP contribution in [-0.2, 0) is 19.1 Å². The summed E-state index contributed by atoms with van der Waals surface area (Å²) in [5.74, 6) is -2.15. The van der Waals surface area contributed by atoms with E-state index in [4.69, 9.17) is 9.47 Å². The number of thiophene rings is 1. The van der Waals surface area contributed by atoms with E-state index in [1.807, 2.05) is 31.2 Å². The number of carbonyl (C=O) groups is 2. The number of thioether (sulfide) groups is 1. The minimum Gasteiger partial charge on any atom is -0.511 e. The number of nitrogens with zero attached hydrogens (tertiary/aromatic N) is 2. The first kappa shape index (κ1) is 21.3. The third kappa shape index (κ3) is 4.25. The van der Waals surface area contributed by atoms with Gasteiger partial charge in [0.2, 0.25) is 11.6 Å². The highest BCUT2D eigenvalue weighted by Gasteiger charge is 2.46. The van der Waals surface area contributed by atoms with E-state index in [9.17, 15) is 14.7 Å². The molecule has 0 radical (unpaired) electrons. The molecule has 1 aliphatic carbocycles. The number of aliphatic hydroxyl groups is 1. The van der Waals surface area contributed by atoms with Crippen LogP contribution in [0.15, 0.2) is 35.0 Å². The van der Waals surface area contributed by atoms with Crippen molar-refractivity contribution >= 4 is 50.3 Å². The average molecular weight is 449 g/mol. The summed E-state index contributed by atoms with van der Waals surface area (Å²) in [6.07, 6.45) is 3.68. The first-order valence-electron chi connectivity index (χ1n) is 10.0. The minimum absolute atomic E-state index is 0.127. The Kier molecular flexibility index (Phi) is 6.72. The molecule has 9 heteroatoms. The summed E-state index contributed by atoms with van der Waals surface area (Å²) in [4.78, 5) is 32.7. The second-order valence-electron chi connectivity index (χ2n) is 7.03. The molecule has 3 heterocycles. The van der Waals surface area contributed by atoms with Crippen molar-refractivity contribution in [3.8, 4) is 0 Å². The van der Waals surface area contributed by atoms with Crippen LogP contribution in [0.1, 0.15) is 11.8 Å². The van der Waals surface area contributed by atoms with Gasteiger partial charge in [-0.15, -0.1) is 11.3 Å². The van der Waals surface area contributed by atoms with Gasteiger partial charge in [0.05, 0.1) is 47.9 Å². The molecule has 1 fully saturated rings. The molecule has 0 spiro atoms. The van der Waals surface area contributed by atoms with Gasteiger partial charge in [0.25, 0.3) is 0 Å². The van der Waals surface area contributed by atoms with Gasteiger partial charge in [0.1, 0.15) is 5.76 Å². The lowest BCUT2D eigenvalue weighted by Crippen LogP contribution is -2.35. The molecule has 0 bridgehead atoms. The van der Waals surface area contributed by atoms with E-state index in [1.54, 1.807) is 0 Å². The summed E-state index contributed by atoms with van der Waals surface area (Å²) in [7, 11) is 0. The maximum atomic E-state index is 12.7. The van der Waals surface area contributed by atoms with Crippen molar-refractivity contribution in [2.45, 2.75) is 12.2 Å². The summed E-state index contributed by atoms with van der Waals surface area (Å²) in [6, 6.07) is 3.75. The maximum absolute atomic E-state index is 12.7. The van der Waals surface area contributed by atoms with Crippen LogP contribution in [-0.4, -0.2) is 73.0 Å². The monoisotopic (exact) mass is 448 g/mol. The molecule has 0 saturated carbocycles. The van der Waals surface area contributed by atoms with Crippen LogP contribution < -0.4 is 4.90 Å². The Morgan fingerprint density at radius 3 is 2.87 bits per heavy atom. The minimum atomic E-state index is -0.859. The SMILES string of the molecule is CCOCC/N=C1/C=CC(C2C(=O)C(=O)C(c3ccc(N4CCOCC4)s3)=C2O)S1. The van der Waals surface area contributed by atoms with Crippen molar-refractivity contribution in [1.29, 1.82) is 0 Å². The average Bonchev–Trinajstić information content (AvgIpc) is 3.46. The molecule has 1 N–H and O–H groups in total. The van der Waals surface area contributed by atoms with Crippen LogP contribution in [0.2, 0.25) is 0 Å². The number of ether oxygens (including phenoxy) is 2. The van der Waals surface area contributed by atoms with E-state index >= 15 is 0 Å². The second-order valence-corrected chi connectivity index (χ2v) is 9.29. The summed E-state index contributed by atoms with van der Waals surface area (Å²) in [5, 5.41) is 12.3. The molecule has 7 nitrogen and oxygen atoms in total. The zero-order valence-electron chi connectivity index (χ0n) is 16.7. The second kappa shape index (κ2) is 9.47. The van der Waals surface area contributed by atoms with Gasteiger partial charge in [-0.3, -0.25) is 14.6 Å². The predicted molar refractivity (Wildman–Crippen MR) is 120 cm³/mol. The number of allylic oxidation sites excluding steroid dienone is 2. The molecule has 0 amide bonds. The zero-order valence-corrected chi connectivity index (χ0v) is 18.3. The number of carbonyl (C=O) groups excluding carboxylic acids is 2. The van der Waals surface area contributed by atoms with Crippen LogP contribution in [0.25, 0.3) is 5.57 Å². The van der Waals surface area contributed by atoms with Gasteiger partial charge < -0.3 is 19.5 Å². The standard InChI is InChI=1S/C21H24N2O5S2/c1-2-27-10-7-22-15-5-3-13(29-15)17-19(24)18(21(26)20(17)25)14-4-6-16(30-14)23-8-11-28-12-9-23/h3-6,13,17,24H,2,7-12H2,1H3/b22-15-. The highest BCUT2D eigenvalue weighted by molar-refractivity contribution is 8.15. The van der Waals surface area contributed by atoms with Crippen molar-refractivity contribution in [3.63, 3.8) is 0 Å². The molecule has 1 saturated heterocycles. The van der Waals surface area contributed by atoms with Crippen molar-refractivity contribution in [1.82, 2.24) is 0 Å². The number of hydrogen-bond donors (Lipinski definition) is 1. The summed E-state index contributed by atoms with van der Waals surface area (Å²) in [6.45, 7) is 6.56. The fourth-order valence-corrected chi connectivity index (χ4v) is 5.90. The highest BCUT2D eigenvalue weighted by Crippen LogP contribution is 2.43. The third-order valence-electron chi connectivity index (χ3n) is 5.17. The van der Waals surface area contributed by atoms with E-state index in [0.717, 1.165) is 23.1 Å². The Bertz CT molecular complexity index is 914. The summed E-state index contributed by atoms with van der Waals surface area (Å²) >= 11 is 2.82. The molecular formula is C21H24N2O5S2. The first-order valence-corrected chi connectivity index (χ1v) is 11.7. The first-order chi connectivity index (χ1) is 14.6. The molecule has 0 aromatic carbocycles. The number of ketones is 2. The maximum Gasteiger partial charge on any atom is 0.234 e. The normalized spacial score (nSPS) is 25.9. The molecule has 2 unspecified atom stereocenters. The van der Waals surface area contributed by atoms with Crippen molar-refractivity contribution in [3.05, 3.63) is 34.9 Å². The molecule has 2 atom stereocenters. The van der Waals surface area contributed by atoms with Gasteiger partial charge in [0, 0.05) is 29.8 Å². The summed E-state index contributed by atoms with van der Waals surface area (Å²) in [5.41, 5.74) is 0.144. The van der Waals surface area contributed by atoms with Gasteiger partial charge in [0.15, 0.2) is 0 Å². The highest BCUT2D eigenvalue weighted by atomic mass is 32.2. The van der Waals surface area contributed by atoms with E-state index in [2.05, 4.69) is 9.89 Å². The van der Waals surface area contributed by atoms with Crippen molar-refractivity contribution in [2.75, 3.05) is 51.0 Å². The van der Waals surface area contributed by atoms with Gasteiger partial charge in [-0.2, -0.15) is 0 Å². The number of rotatable bonds is 7. The molecule has 3 aliphatic rings. The summed E-state index contributed by atoms with van der Waals surface area (Å²) < 4.78 is 10.7. The lowest BCUT2D eigenvalue weighted by Gasteiger charge is -2.27. The third-order valence-corrected chi connectivity index (χ3v) is 7.54. The van der Waals surface area contributed by atoms with Crippen LogP contribution >= 0.6 is 23.1 Å². The van der Waals surface area contributed by atoms with Crippen molar-refractivity contribution < 1.29 is 24.2 Å². The van der Waals surface area contributed by atoms with Crippen LogP contribution in [0.4, 0.5) is 5.00 Å². The number of anilines is 1. The van der Waals surface area contributed by atoms with Crippen LogP contribution in [0, 0.1) is 5.92 Å². The topological polar surface area (TPSA) is 88.4 Å². The van der Waals surface area contributed by atoms with Gasteiger partial charge in [-0.25, -0.2) is 0 Å². The molecule has 1 aromatic rings. The Morgan fingerprint density at radius 2 is 2.10 bits per heavy atom. The Morgan fingerprint density at radius 1 is 1.30 bits per heavy atom. The number of aliphatic hydroxyl groups excluding tert-OH is 1. The Hall–Kier alpha value is -1.94. The molecule has 4 rings (SSSR count). The van der Waals surface area contributed by atoms with Crippen LogP contribution in [0.5, 0.6) is 0 Å². The van der Waals surface area contributed by atoms with E-state index in [1.165, 1.54) is 23.1 Å². The van der Waals surface area contributed by atoms with Crippen LogP contribution in [0.3, 0.4) is 0 Å². The number of morpholine rings is 1. The molecule has 160 valence electrons. The molecule has 30 heavy (non-hydrogen) atoms. The Balaban J connectivity index is 1.50. The van der Waals surface area contributed by atoms with Gasteiger partial charge >= 0.3 is 0 Å². The lowest BCUT2D eigenvalue weighted by molar-refractivity contribution is -0.134. The number of Topliss-reactive ketones (excluding diaryl/α,β-unsaturated/α-hetero) is 2. The van der Waals surface area contributed by atoms with E-state index in [-0.39, 0.29) is 16.6 Å². The molecular weight excluding hydrogens is 424 g/mol. The van der Waals surface area contributed by atoms with E-state index in [0.29, 0.717) is 37.8 Å². The number of hydrogen-bond acceptors (Lipinski definition) is 9. The fourth-order valence-electron chi connectivity index (χ4n) is 3.65. The Labute approximate surface area is 183 Å². The smallest absolute Gasteiger partial charge is 0.234 e. The fraction of sp³-hybridized carbons (Fsp3) is 0.476. The largest absolute Gasteiger partial charge is 0.511 e. The molecule has 2 aliphatic heterocycles. The van der Waals surface area contributed by atoms with Crippen molar-refractivity contribution in [2.24, 2.45) is 10.9 Å². The quantitative estimate of drug-likeness (QED) is 0.507. The zero-order chi connectivity index (χ0) is 21.1. The molecule has 1 aromatic heterocycles. The van der Waals surface area contributed by atoms with Gasteiger partial charge in [-0.1, -0.05) is 17.8 Å². The van der Waals surface area contributed by atoms with E-state index < -0.39 is 17.5 Å². The van der Waals surface area contributed by atoms with Gasteiger partial charge in [-0.05, 0) is 25.1 Å². The lowest BCUT2D eigenvalue weighted by atomic mass is 10.0. The predicted octanol–water partition coefficient (Wildman–Crippen LogP) is 2.73. The number of aliphatic imine (C=N–C) groups is 1.